The summed E-state index contributed by atoms with van der Waals surface area (Å²) in [5, 5.41) is 0. The molecule has 85 valence electrons. The molecule has 2 aromatic rings. The molecule has 0 heterocycles. The van der Waals surface area contributed by atoms with Gasteiger partial charge in [0.05, 0.1) is 0 Å². The van der Waals surface area contributed by atoms with E-state index >= 15 is 0 Å². The Bertz CT molecular complexity index is 205. The van der Waals surface area contributed by atoms with Crippen LogP contribution in [-0.2, 0) is 26.2 Å². The van der Waals surface area contributed by atoms with Crippen molar-refractivity contribution in [2.45, 2.75) is 20.8 Å². The second-order valence-corrected chi connectivity index (χ2v) is 4.49. The van der Waals surface area contributed by atoms with Gasteiger partial charge in [-0.1, -0.05) is 20.8 Å². The van der Waals surface area contributed by atoms with Crippen LogP contribution in [0.3, 0.4) is 0 Å². The molecule has 1 radical (unpaired) electrons. The minimum atomic E-state index is 0. The third kappa shape index (κ3) is 23.4. The Morgan fingerprint density at radius 2 is 0.938 bits per heavy atom. The van der Waals surface area contributed by atoms with E-state index in [0.717, 1.165) is 0 Å². The van der Waals surface area contributed by atoms with E-state index in [9.17, 15) is 0 Å². The Balaban J connectivity index is 0. The Hall–Kier alpha value is -0.417. The van der Waals surface area contributed by atoms with Crippen LogP contribution in [0.5, 0.6) is 0 Å². The van der Waals surface area contributed by atoms with Gasteiger partial charge in [-0.15, -0.1) is 0 Å². The molecule has 0 unspecified atom stereocenters. The first kappa shape index (κ1) is 18.0. The quantitative estimate of drug-likeness (QED) is 0.619. The molecular weight excluding hydrogens is 271 g/mol. The molecule has 0 spiro atoms. The van der Waals surface area contributed by atoms with Crippen molar-refractivity contribution in [1.29, 1.82) is 0 Å². The monoisotopic (exact) mass is 291 g/mol. The maximum atomic E-state index is 3.77. The fourth-order valence-corrected chi connectivity index (χ4v) is 0.642. The molecule has 2 rings (SSSR count). The molecule has 0 saturated heterocycles. The summed E-state index contributed by atoms with van der Waals surface area (Å²) in [4.78, 5) is 0. The van der Waals surface area contributed by atoms with Gasteiger partial charge in [-0.2, -0.15) is 41.8 Å². The van der Waals surface area contributed by atoms with Crippen molar-refractivity contribution in [2.75, 3.05) is 0 Å². The molecule has 0 atom stereocenters. The van der Waals surface area contributed by atoms with Crippen LogP contribution >= 0.6 is 0 Å². The Morgan fingerprint density at radius 3 is 1.00 bits per heavy atom. The summed E-state index contributed by atoms with van der Waals surface area (Å²) in [6, 6.07) is 20.0. The van der Waals surface area contributed by atoms with E-state index in [1.807, 2.05) is 60.7 Å². The van der Waals surface area contributed by atoms with E-state index in [-0.39, 0.29) is 31.6 Å². The molecule has 0 amide bonds. The standard InChI is InChI=1S/2C5H5.C5H11.Zr/c2*1-2-4-5-3-1;1-5(2,3)4;/h2*1-5H;1H2,2-4H3;/q3*-1;+3. The summed E-state index contributed by atoms with van der Waals surface area (Å²) in [7, 11) is 0. The molecule has 0 aliphatic rings. The van der Waals surface area contributed by atoms with Gasteiger partial charge >= 0.3 is 26.2 Å². The first-order valence-electron chi connectivity index (χ1n) is 5.19. The normalized spacial score (nSPS) is 8.75. The Kier molecular flexibility index (Phi) is 12.4. The second kappa shape index (κ2) is 11.1. The van der Waals surface area contributed by atoms with Crippen LogP contribution in [0.25, 0.3) is 0 Å². The zero-order valence-electron chi connectivity index (χ0n) is 10.5. The van der Waals surface area contributed by atoms with Crippen LogP contribution in [0.15, 0.2) is 60.7 Å². The van der Waals surface area contributed by atoms with Gasteiger partial charge in [-0.3, -0.25) is 0 Å². The average Bonchev–Trinajstić information content (AvgIpc) is 2.81. The summed E-state index contributed by atoms with van der Waals surface area (Å²) in [5.74, 6) is 0. The van der Waals surface area contributed by atoms with Gasteiger partial charge in [0, 0.05) is 0 Å². The van der Waals surface area contributed by atoms with Gasteiger partial charge in [0.15, 0.2) is 0 Å². The van der Waals surface area contributed by atoms with E-state index in [2.05, 4.69) is 27.7 Å². The number of rotatable bonds is 0. The summed E-state index contributed by atoms with van der Waals surface area (Å²) in [6.45, 7) is 10.0. The van der Waals surface area contributed by atoms with Gasteiger partial charge in [0.25, 0.3) is 0 Å². The second-order valence-electron chi connectivity index (χ2n) is 4.49. The van der Waals surface area contributed by atoms with E-state index in [0.29, 0.717) is 0 Å². The predicted molar refractivity (Wildman–Crippen MR) is 68.9 cm³/mol. The summed E-state index contributed by atoms with van der Waals surface area (Å²) in [5.41, 5.74) is 0.250. The molecule has 0 aliphatic carbocycles. The van der Waals surface area contributed by atoms with Gasteiger partial charge in [-0.05, 0) is 0 Å². The summed E-state index contributed by atoms with van der Waals surface area (Å²) < 4.78 is 0. The van der Waals surface area contributed by atoms with Crippen LogP contribution in [0.2, 0.25) is 0 Å². The average molecular weight is 293 g/mol. The van der Waals surface area contributed by atoms with Crippen molar-refractivity contribution in [3.8, 4) is 0 Å². The SMILES string of the molecule is [CH2-]C(C)(C)C.[Zr+3].c1cc[cH-]c1.c1cc[cH-]c1. The molecule has 0 saturated carbocycles. The van der Waals surface area contributed by atoms with E-state index in [1.165, 1.54) is 0 Å². The van der Waals surface area contributed by atoms with Crippen LogP contribution in [0, 0.1) is 12.3 Å². The molecule has 0 bridgehead atoms. The molecule has 0 aromatic heterocycles. The third-order valence-electron chi connectivity index (χ3n) is 1.11. The molecule has 16 heavy (non-hydrogen) atoms. The van der Waals surface area contributed by atoms with Crippen LogP contribution < -0.4 is 0 Å². The molecule has 0 nitrogen and oxygen atoms in total. The maximum absolute atomic E-state index is 3.77. The van der Waals surface area contributed by atoms with E-state index in [4.69, 9.17) is 0 Å². The molecule has 2 aromatic carbocycles. The minimum Gasteiger partial charge on any atom is -0.338 e. The maximum Gasteiger partial charge on any atom is 3.00 e. The zero-order chi connectivity index (χ0) is 11.6. The van der Waals surface area contributed by atoms with Crippen molar-refractivity contribution in [3.63, 3.8) is 0 Å². The van der Waals surface area contributed by atoms with Crippen molar-refractivity contribution >= 4 is 0 Å². The largest absolute Gasteiger partial charge is 3.00 e. The van der Waals surface area contributed by atoms with E-state index < -0.39 is 0 Å². The van der Waals surface area contributed by atoms with Crippen molar-refractivity contribution in [2.24, 2.45) is 5.41 Å². The molecule has 0 N–H and O–H groups in total. The van der Waals surface area contributed by atoms with Crippen LogP contribution in [-0.4, -0.2) is 0 Å². The van der Waals surface area contributed by atoms with Gasteiger partial charge < -0.3 is 6.92 Å². The summed E-state index contributed by atoms with van der Waals surface area (Å²) in [6.07, 6.45) is 0. The van der Waals surface area contributed by atoms with Gasteiger partial charge in [-0.25, -0.2) is 24.3 Å². The topological polar surface area (TPSA) is 0 Å². The van der Waals surface area contributed by atoms with Crippen LogP contribution in [0.4, 0.5) is 0 Å². The fourth-order valence-electron chi connectivity index (χ4n) is 0.642. The van der Waals surface area contributed by atoms with Gasteiger partial charge in [0.1, 0.15) is 0 Å². The number of hydrogen-bond donors (Lipinski definition) is 0. The number of hydrogen-bond acceptors (Lipinski definition) is 0. The van der Waals surface area contributed by atoms with Crippen molar-refractivity contribution < 1.29 is 26.2 Å². The third-order valence-corrected chi connectivity index (χ3v) is 1.11. The van der Waals surface area contributed by atoms with E-state index in [1.54, 1.807) is 0 Å². The van der Waals surface area contributed by atoms with Crippen molar-refractivity contribution in [1.82, 2.24) is 0 Å². The minimum absolute atomic E-state index is 0. The first-order valence-corrected chi connectivity index (χ1v) is 5.19. The van der Waals surface area contributed by atoms with Gasteiger partial charge in [0.2, 0.25) is 0 Å². The molecule has 0 aliphatic heterocycles. The zero-order valence-corrected chi connectivity index (χ0v) is 12.9. The smallest absolute Gasteiger partial charge is 0.338 e. The first-order chi connectivity index (χ1) is 7.00. The molecule has 1 heteroatoms. The molecular formula is C15H21Zr. The predicted octanol–water partition coefficient (Wildman–Crippen LogP) is 4.68. The molecule has 0 fully saturated rings. The van der Waals surface area contributed by atoms with Crippen LogP contribution in [0.1, 0.15) is 20.8 Å². The Labute approximate surface area is 120 Å². The van der Waals surface area contributed by atoms with Crippen molar-refractivity contribution in [3.05, 3.63) is 67.6 Å². The fraction of sp³-hybridized carbons (Fsp3) is 0.267. The summed E-state index contributed by atoms with van der Waals surface area (Å²) >= 11 is 0. The Morgan fingerprint density at radius 1 is 0.750 bits per heavy atom.